The van der Waals surface area contributed by atoms with Crippen LogP contribution in [-0.4, -0.2) is 18.4 Å². The van der Waals surface area contributed by atoms with E-state index in [4.69, 9.17) is 9.47 Å². The first-order valence-electron chi connectivity index (χ1n) is 4.65. The number of hydrogen-bond donors (Lipinski definition) is 0. The highest BCUT2D eigenvalue weighted by molar-refractivity contribution is 5.96. The highest BCUT2D eigenvalue weighted by atomic mass is 16.9. The summed E-state index contributed by atoms with van der Waals surface area (Å²) in [5.41, 5.74) is 0.708. The molecule has 1 fully saturated rings. The molecule has 0 radical (unpaired) electrons. The summed E-state index contributed by atoms with van der Waals surface area (Å²) in [7, 11) is 0. The molecule has 0 bridgehead atoms. The van der Waals surface area contributed by atoms with Crippen LogP contribution < -0.4 is 0 Å². The Morgan fingerprint density at radius 2 is 1.93 bits per heavy atom. The molecular weight excluding hydrogens is 180 g/mol. The van der Waals surface area contributed by atoms with Gasteiger partial charge in [0.05, 0.1) is 6.42 Å². The van der Waals surface area contributed by atoms with Gasteiger partial charge in [-0.25, -0.2) is 0 Å². The quantitative estimate of drug-likeness (QED) is 0.687. The van der Waals surface area contributed by atoms with Gasteiger partial charge in [-0.3, -0.25) is 4.79 Å². The molecule has 0 amide bonds. The van der Waals surface area contributed by atoms with Crippen LogP contribution in [0.25, 0.3) is 0 Å². The van der Waals surface area contributed by atoms with Crippen LogP contribution in [0, 0.1) is 0 Å². The lowest BCUT2D eigenvalue weighted by atomic mass is 10.1. The lowest BCUT2D eigenvalue weighted by Gasteiger charge is -2.33. The monoisotopic (exact) mass is 192 g/mol. The molecule has 0 unspecified atom stereocenters. The Morgan fingerprint density at radius 3 is 2.50 bits per heavy atom. The molecule has 1 aromatic rings. The predicted molar refractivity (Wildman–Crippen MR) is 50.8 cm³/mol. The first-order chi connectivity index (χ1) is 6.75. The van der Waals surface area contributed by atoms with Crippen molar-refractivity contribution in [1.82, 2.24) is 0 Å². The van der Waals surface area contributed by atoms with E-state index in [-0.39, 0.29) is 18.4 Å². The lowest BCUT2D eigenvalue weighted by molar-refractivity contribution is -0.372. The molecule has 0 aliphatic carbocycles. The zero-order chi connectivity index (χ0) is 9.97. The number of Topliss-reactive ketones (excluding diaryl/α,β-unsaturated/α-hetero) is 1. The van der Waals surface area contributed by atoms with E-state index < -0.39 is 0 Å². The Kier molecular flexibility index (Phi) is 2.61. The number of hydrogen-bond acceptors (Lipinski definition) is 3. The van der Waals surface area contributed by atoms with Crippen molar-refractivity contribution in [2.45, 2.75) is 25.9 Å². The minimum absolute atomic E-state index is 0.0579. The van der Waals surface area contributed by atoms with Gasteiger partial charge in [-0.15, -0.1) is 0 Å². The zero-order valence-corrected chi connectivity index (χ0v) is 7.97. The van der Waals surface area contributed by atoms with Crippen molar-refractivity contribution in [3.8, 4) is 0 Å². The molecule has 1 saturated heterocycles. The number of ketones is 1. The summed E-state index contributed by atoms with van der Waals surface area (Å²) in [4.78, 5) is 11.6. The van der Waals surface area contributed by atoms with Crippen LogP contribution in [-0.2, 0) is 9.47 Å². The van der Waals surface area contributed by atoms with E-state index in [2.05, 4.69) is 0 Å². The second kappa shape index (κ2) is 3.90. The molecule has 1 heterocycles. The standard InChI is InChI=1S/C11H12O3/c1-8-13-11(14-8)7-10(12)9-5-3-2-4-6-9/h2-6,8,11H,7H2,1H3. The van der Waals surface area contributed by atoms with Crippen molar-refractivity contribution in [2.75, 3.05) is 0 Å². The van der Waals surface area contributed by atoms with Crippen LogP contribution in [0.15, 0.2) is 30.3 Å². The summed E-state index contributed by atoms with van der Waals surface area (Å²) < 4.78 is 10.4. The van der Waals surface area contributed by atoms with Crippen molar-refractivity contribution >= 4 is 5.78 Å². The van der Waals surface area contributed by atoms with Crippen molar-refractivity contribution in [3.63, 3.8) is 0 Å². The van der Waals surface area contributed by atoms with Crippen molar-refractivity contribution in [2.24, 2.45) is 0 Å². The van der Waals surface area contributed by atoms with Crippen LogP contribution in [0.5, 0.6) is 0 Å². The van der Waals surface area contributed by atoms with Gasteiger partial charge in [-0.1, -0.05) is 30.3 Å². The predicted octanol–water partition coefficient (Wildman–Crippen LogP) is 1.98. The molecule has 0 spiro atoms. The van der Waals surface area contributed by atoms with Gasteiger partial charge in [0.1, 0.15) is 0 Å². The first-order valence-corrected chi connectivity index (χ1v) is 4.65. The smallest absolute Gasteiger partial charge is 0.171 e. The zero-order valence-electron chi connectivity index (χ0n) is 7.97. The maximum Gasteiger partial charge on any atom is 0.171 e. The summed E-state index contributed by atoms with van der Waals surface area (Å²) >= 11 is 0. The number of carbonyl (C=O) groups is 1. The molecule has 0 aromatic heterocycles. The van der Waals surface area contributed by atoms with Gasteiger partial charge in [-0.2, -0.15) is 0 Å². The van der Waals surface area contributed by atoms with E-state index in [1.165, 1.54) is 0 Å². The van der Waals surface area contributed by atoms with Crippen molar-refractivity contribution in [1.29, 1.82) is 0 Å². The molecule has 3 nitrogen and oxygen atoms in total. The molecule has 74 valence electrons. The highest BCUT2D eigenvalue weighted by Crippen LogP contribution is 2.20. The minimum atomic E-state index is -0.349. The normalized spacial score (nSPS) is 25.5. The maximum atomic E-state index is 11.6. The minimum Gasteiger partial charge on any atom is -0.323 e. The molecule has 14 heavy (non-hydrogen) atoms. The molecule has 1 aromatic carbocycles. The van der Waals surface area contributed by atoms with Gasteiger partial charge in [0, 0.05) is 5.56 Å². The van der Waals surface area contributed by atoms with Crippen LogP contribution in [0.4, 0.5) is 0 Å². The van der Waals surface area contributed by atoms with E-state index in [0.29, 0.717) is 12.0 Å². The SMILES string of the molecule is CC1OC(CC(=O)c2ccccc2)O1. The largest absolute Gasteiger partial charge is 0.323 e. The van der Waals surface area contributed by atoms with Crippen molar-refractivity contribution in [3.05, 3.63) is 35.9 Å². The molecule has 1 aliphatic heterocycles. The van der Waals surface area contributed by atoms with Gasteiger partial charge in [0.25, 0.3) is 0 Å². The fourth-order valence-electron chi connectivity index (χ4n) is 1.43. The molecule has 0 atom stereocenters. The third-order valence-electron chi connectivity index (χ3n) is 2.13. The van der Waals surface area contributed by atoms with Gasteiger partial charge in [0.2, 0.25) is 0 Å². The Bertz CT molecular complexity index is 315. The highest BCUT2D eigenvalue weighted by Gasteiger charge is 2.29. The van der Waals surface area contributed by atoms with E-state index in [0.717, 1.165) is 0 Å². The number of rotatable bonds is 3. The van der Waals surface area contributed by atoms with Crippen LogP contribution in [0.3, 0.4) is 0 Å². The lowest BCUT2D eigenvalue weighted by Crippen LogP contribution is -2.40. The Balaban J connectivity index is 1.90. The summed E-state index contributed by atoms with van der Waals surface area (Å²) in [6.07, 6.45) is -0.213. The number of ether oxygens (including phenoxy) is 2. The molecular formula is C11H12O3. The molecule has 3 heteroatoms. The molecule has 1 aliphatic rings. The Morgan fingerprint density at radius 1 is 1.29 bits per heavy atom. The average molecular weight is 192 g/mol. The fraction of sp³-hybridized carbons (Fsp3) is 0.364. The molecule has 0 saturated carbocycles. The Hall–Kier alpha value is -1.19. The van der Waals surface area contributed by atoms with Crippen LogP contribution in [0.2, 0.25) is 0 Å². The summed E-state index contributed by atoms with van der Waals surface area (Å²) in [6.45, 7) is 1.81. The topological polar surface area (TPSA) is 35.5 Å². The fourth-order valence-corrected chi connectivity index (χ4v) is 1.43. The van der Waals surface area contributed by atoms with E-state index >= 15 is 0 Å². The number of carbonyl (C=O) groups excluding carboxylic acids is 1. The second-order valence-electron chi connectivity index (χ2n) is 3.26. The van der Waals surface area contributed by atoms with Crippen LogP contribution in [0.1, 0.15) is 23.7 Å². The van der Waals surface area contributed by atoms with Gasteiger partial charge < -0.3 is 9.47 Å². The summed E-state index contributed by atoms with van der Waals surface area (Å²) in [5.74, 6) is 0.0579. The first kappa shape index (κ1) is 9.37. The summed E-state index contributed by atoms with van der Waals surface area (Å²) in [5, 5.41) is 0. The molecule has 2 rings (SSSR count). The summed E-state index contributed by atoms with van der Waals surface area (Å²) in [6, 6.07) is 9.17. The van der Waals surface area contributed by atoms with Crippen molar-refractivity contribution < 1.29 is 14.3 Å². The van der Waals surface area contributed by atoms with Gasteiger partial charge >= 0.3 is 0 Å². The average Bonchev–Trinajstić information content (AvgIpc) is 2.17. The van der Waals surface area contributed by atoms with E-state index in [9.17, 15) is 4.79 Å². The molecule has 0 N–H and O–H groups in total. The maximum absolute atomic E-state index is 11.6. The van der Waals surface area contributed by atoms with Crippen LogP contribution >= 0.6 is 0 Å². The van der Waals surface area contributed by atoms with E-state index in [1.54, 1.807) is 12.1 Å². The third kappa shape index (κ3) is 2.00. The Labute approximate surface area is 82.6 Å². The third-order valence-corrected chi connectivity index (χ3v) is 2.13. The van der Waals surface area contributed by atoms with E-state index in [1.807, 2.05) is 25.1 Å². The van der Waals surface area contributed by atoms with Gasteiger partial charge in [-0.05, 0) is 6.92 Å². The van der Waals surface area contributed by atoms with Gasteiger partial charge in [0.15, 0.2) is 18.4 Å². The second-order valence-corrected chi connectivity index (χ2v) is 3.26. The number of benzene rings is 1.